The van der Waals surface area contributed by atoms with Crippen LogP contribution in [0.4, 0.5) is 27.6 Å². The van der Waals surface area contributed by atoms with E-state index in [9.17, 15) is 22.0 Å². The second kappa shape index (κ2) is 6.18. The van der Waals surface area contributed by atoms with E-state index in [1.165, 1.54) is 12.1 Å². The Morgan fingerprint density at radius 3 is 2.15 bits per heavy atom. The molecule has 0 radical (unpaired) electrons. The van der Waals surface area contributed by atoms with Gasteiger partial charge in [0, 0.05) is 18.0 Å². The van der Waals surface area contributed by atoms with Crippen molar-refractivity contribution < 1.29 is 27.1 Å². The van der Waals surface area contributed by atoms with Crippen LogP contribution in [0.3, 0.4) is 0 Å². The van der Waals surface area contributed by atoms with Crippen LogP contribution in [0.25, 0.3) is 0 Å². The first-order valence-electron chi connectivity index (χ1n) is 5.13. The highest BCUT2D eigenvalue weighted by Gasteiger charge is 2.34. The molecule has 0 fully saturated rings. The molecule has 0 atom stereocenters. The first-order valence-corrected chi connectivity index (χ1v) is 5.13. The number of phenols is 1. The molecule has 0 spiro atoms. The number of hydrogen-bond donors (Lipinski definition) is 2. The van der Waals surface area contributed by atoms with Crippen molar-refractivity contribution in [2.75, 3.05) is 5.73 Å². The van der Waals surface area contributed by atoms with Crippen LogP contribution in [0, 0.1) is 11.8 Å². The molecule has 0 aliphatic carbocycles. The lowest BCUT2D eigenvalue weighted by molar-refractivity contribution is -0.140. The molecular formula is C12H9F5N2O. The molecule has 2 rings (SSSR count). The molecule has 0 aliphatic heterocycles. The number of nitrogens with zero attached hydrogens (tertiary/aromatic N) is 1. The van der Waals surface area contributed by atoms with E-state index in [0.717, 1.165) is 18.3 Å². The lowest BCUT2D eigenvalue weighted by Gasteiger charge is -2.04. The number of hydrogen-bond acceptors (Lipinski definition) is 3. The van der Waals surface area contributed by atoms with Crippen molar-refractivity contribution >= 4 is 5.69 Å². The Bertz CT molecular complexity index is 586. The van der Waals surface area contributed by atoms with Crippen molar-refractivity contribution in [2.24, 2.45) is 0 Å². The van der Waals surface area contributed by atoms with Crippen LogP contribution in [-0.4, -0.2) is 10.1 Å². The highest BCUT2D eigenvalue weighted by Crippen LogP contribution is 2.29. The number of nitrogens with two attached hydrogens (primary N) is 1. The van der Waals surface area contributed by atoms with Gasteiger partial charge in [-0.05, 0) is 24.3 Å². The molecule has 3 N–H and O–H groups in total. The van der Waals surface area contributed by atoms with Gasteiger partial charge in [0.1, 0.15) is 5.56 Å². The van der Waals surface area contributed by atoms with Crippen LogP contribution >= 0.6 is 0 Å². The Kier molecular flexibility index (Phi) is 4.84. The molecule has 3 nitrogen and oxygen atoms in total. The standard InChI is InChI=1S/C6H3F4N.C6H6FNO/c7-5-4(6(8,9)10)2-1-3-11-5;7-5-3-4(8)1-2-6(5)9/h1-3H;1-3,9H,8H2. The van der Waals surface area contributed by atoms with Gasteiger partial charge >= 0.3 is 6.18 Å². The summed E-state index contributed by atoms with van der Waals surface area (Å²) < 4.78 is 59.8. The number of phenolic OH excluding ortho intramolecular Hbond substituents is 1. The topological polar surface area (TPSA) is 59.1 Å². The SMILES string of the molecule is Fc1ncccc1C(F)(F)F.Nc1ccc(O)c(F)c1. The molecule has 0 unspecified atom stereocenters. The molecule has 108 valence electrons. The molecule has 2 aromatic rings. The number of pyridine rings is 1. The van der Waals surface area contributed by atoms with Gasteiger partial charge in [-0.25, -0.2) is 9.37 Å². The predicted molar refractivity (Wildman–Crippen MR) is 61.7 cm³/mol. The van der Waals surface area contributed by atoms with Crippen molar-refractivity contribution in [1.29, 1.82) is 0 Å². The van der Waals surface area contributed by atoms with E-state index in [2.05, 4.69) is 4.98 Å². The Morgan fingerprint density at radius 1 is 1.10 bits per heavy atom. The molecule has 0 aliphatic rings. The number of alkyl halides is 3. The second-order valence-corrected chi connectivity index (χ2v) is 3.55. The quantitative estimate of drug-likeness (QED) is 0.339. The summed E-state index contributed by atoms with van der Waals surface area (Å²) in [5.41, 5.74) is 4.15. The van der Waals surface area contributed by atoms with Crippen molar-refractivity contribution in [3.8, 4) is 5.75 Å². The average Bonchev–Trinajstić information content (AvgIpc) is 2.34. The van der Waals surface area contributed by atoms with Crippen molar-refractivity contribution in [3.05, 3.63) is 53.9 Å². The number of aromatic hydroxyl groups is 1. The molecule has 0 saturated heterocycles. The lowest BCUT2D eigenvalue weighted by atomic mass is 10.3. The predicted octanol–water partition coefficient (Wildman–Crippen LogP) is 3.35. The maximum absolute atomic E-state index is 12.3. The summed E-state index contributed by atoms with van der Waals surface area (Å²) >= 11 is 0. The Balaban J connectivity index is 0.000000204. The van der Waals surface area contributed by atoms with Gasteiger partial charge in [-0.3, -0.25) is 0 Å². The first kappa shape index (κ1) is 15.7. The molecule has 0 saturated carbocycles. The summed E-state index contributed by atoms with van der Waals surface area (Å²) in [6, 6.07) is 5.38. The average molecular weight is 292 g/mol. The highest BCUT2D eigenvalue weighted by atomic mass is 19.4. The zero-order chi connectivity index (χ0) is 15.3. The fraction of sp³-hybridized carbons (Fsp3) is 0.0833. The molecule has 20 heavy (non-hydrogen) atoms. The van der Waals surface area contributed by atoms with Gasteiger partial charge in [-0.1, -0.05) is 0 Å². The minimum Gasteiger partial charge on any atom is -0.505 e. The van der Waals surface area contributed by atoms with Crippen LogP contribution in [0.15, 0.2) is 36.5 Å². The largest absolute Gasteiger partial charge is 0.505 e. The summed E-state index contributed by atoms with van der Waals surface area (Å²) in [5.74, 6) is -2.54. The van der Waals surface area contributed by atoms with E-state index < -0.39 is 23.5 Å². The molecule has 0 bridgehead atoms. The fourth-order valence-electron chi connectivity index (χ4n) is 1.12. The summed E-state index contributed by atoms with van der Waals surface area (Å²) in [7, 11) is 0. The monoisotopic (exact) mass is 292 g/mol. The Morgan fingerprint density at radius 2 is 1.75 bits per heavy atom. The number of halogens is 5. The van der Waals surface area contributed by atoms with E-state index in [1.54, 1.807) is 0 Å². The van der Waals surface area contributed by atoms with E-state index in [-0.39, 0.29) is 5.75 Å². The first-order chi connectivity index (χ1) is 9.21. The van der Waals surface area contributed by atoms with Gasteiger partial charge in [0.15, 0.2) is 11.6 Å². The van der Waals surface area contributed by atoms with Crippen LogP contribution < -0.4 is 5.73 Å². The van der Waals surface area contributed by atoms with E-state index in [1.807, 2.05) is 0 Å². The van der Waals surface area contributed by atoms with Crippen molar-refractivity contribution in [2.45, 2.75) is 6.18 Å². The maximum atomic E-state index is 12.3. The number of rotatable bonds is 0. The van der Waals surface area contributed by atoms with Gasteiger partial charge in [0.05, 0.1) is 0 Å². The van der Waals surface area contributed by atoms with Crippen LogP contribution in [0.1, 0.15) is 5.56 Å². The van der Waals surface area contributed by atoms with E-state index in [0.29, 0.717) is 11.8 Å². The lowest BCUT2D eigenvalue weighted by Crippen LogP contribution is -2.08. The van der Waals surface area contributed by atoms with E-state index in [4.69, 9.17) is 10.8 Å². The smallest absolute Gasteiger partial charge is 0.420 e. The molecule has 0 amide bonds. The van der Waals surface area contributed by atoms with E-state index >= 15 is 0 Å². The maximum Gasteiger partial charge on any atom is 0.420 e. The second-order valence-electron chi connectivity index (χ2n) is 3.55. The zero-order valence-electron chi connectivity index (χ0n) is 9.83. The zero-order valence-corrected chi connectivity index (χ0v) is 9.83. The molecule has 1 aromatic carbocycles. The Labute approximate surface area is 110 Å². The van der Waals surface area contributed by atoms with Gasteiger partial charge < -0.3 is 10.8 Å². The van der Waals surface area contributed by atoms with Crippen LogP contribution in [0.5, 0.6) is 5.75 Å². The third-order valence-electron chi connectivity index (χ3n) is 2.04. The van der Waals surface area contributed by atoms with Crippen LogP contribution in [-0.2, 0) is 6.18 Å². The highest BCUT2D eigenvalue weighted by molar-refractivity contribution is 5.42. The normalized spacial score (nSPS) is 10.7. The third-order valence-corrected chi connectivity index (χ3v) is 2.04. The molecule has 8 heteroatoms. The molecule has 1 heterocycles. The summed E-state index contributed by atoms with van der Waals surface area (Å²) in [4.78, 5) is 2.86. The summed E-state index contributed by atoms with van der Waals surface area (Å²) in [6.07, 6.45) is -3.69. The number of benzene rings is 1. The van der Waals surface area contributed by atoms with Gasteiger partial charge in [0.2, 0.25) is 5.95 Å². The Hall–Kier alpha value is -2.38. The summed E-state index contributed by atoms with van der Waals surface area (Å²) in [6.45, 7) is 0. The minimum absolute atomic E-state index is 0.310. The summed E-state index contributed by atoms with van der Waals surface area (Å²) in [5, 5.41) is 8.61. The van der Waals surface area contributed by atoms with Crippen molar-refractivity contribution in [3.63, 3.8) is 0 Å². The van der Waals surface area contributed by atoms with Crippen molar-refractivity contribution in [1.82, 2.24) is 4.98 Å². The number of aromatic nitrogens is 1. The molecule has 1 aromatic heterocycles. The number of anilines is 1. The third kappa shape index (κ3) is 4.38. The number of nitrogen functional groups attached to an aromatic ring is 1. The van der Waals surface area contributed by atoms with Crippen LogP contribution in [0.2, 0.25) is 0 Å². The van der Waals surface area contributed by atoms with Gasteiger partial charge in [-0.2, -0.15) is 17.6 Å². The molecular weight excluding hydrogens is 283 g/mol. The fourth-order valence-corrected chi connectivity index (χ4v) is 1.12. The van der Waals surface area contributed by atoms with Gasteiger partial charge in [-0.15, -0.1) is 0 Å². The minimum atomic E-state index is -4.65. The van der Waals surface area contributed by atoms with Gasteiger partial charge in [0.25, 0.3) is 0 Å².